The third-order valence-corrected chi connectivity index (χ3v) is 2.08. The maximum Gasteiger partial charge on any atom is 0.318 e. The molecule has 0 aromatic carbocycles. The molecule has 104 valence electrons. The Labute approximate surface area is 113 Å². The normalized spacial score (nSPS) is 9.90. The van der Waals surface area contributed by atoms with Crippen LogP contribution in [0.2, 0.25) is 0 Å². The molecule has 2 heterocycles. The van der Waals surface area contributed by atoms with Crippen LogP contribution >= 0.6 is 0 Å². The van der Waals surface area contributed by atoms with Crippen molar-refractivity contribution < 1.29 is 13.5 Å². The van der Waals surface area contributed by atoms with E-state index in [2.05, 4.69) is 32.4 Å². The molecule has 0 atom stereocenters. The van der Waals surface area contributed by atoms with Crippen LogP contribution in [-0.4, -0.2) is 21.6 Å². The lowest BCUT2D eigenvalue weighted by atomic mass is 10.5. The monoisotopic (exact) mass is 279 g/mol. The summed E-state index contributed by atoms with van der Waals surface area (Å²) in [6.45, 7) is 3.67. The average molecular weight is 279 g/mol. The molecule has 0 bridgehead atoms. The number of nitrogens with zero attached hydrogens (tertiary/aromatic N) is 3. The molecule has 20 heavy (non-hydrogen) atoms. The van der Waals surface area contributed by atoms with Crippen molar-refractivity contribution in [3.05, 3.63) is 48.8 Å². The first kappa shape index (κ1) is 13.7. The fourth-order valence-electron chi connectivity index (χ4n) is 1.24. The molecule has 0 fully saturated rings. The number of hydrogen-bond acceptors (Lipinski definition) is 6. The fraction of sp³-hybridized carbons (Fsp3) is 0.0833. The van der Waals surface area contributed by atoms with Crippen molar-refractivity contribution >= 4 is 11.6 Å². The summed E-state index contributed by atoms with van der Waals surface area (Å²) >= 11 is 0. The zero-order valence-corrected chi connectivity index (χ0v) is 10.3. The average Bonchev–Trinajstić information content (AvgIpc) is 2.45. The first-order valence-electron chi connectivity index (χ1n) is 5.60. The van der Waals surface area contributed by atoms with E-state index < -0.39 is 11.8 Å². The van der Waals surface area contributed by atoms with Crippen molar-refractivity contribution in [1.82, 2.24) is 15.0 Å². The summed E-state index contributed by atoms with van der Waals surface area (Å²) in [4.78, 5) is 11.0. The van der Waals surface area contributed by atoms with Gasteiger partial charge in [0.15, 0.2) is 11.6 Å². The van der Waals surface area contributed by atoms with Gasteiger partial charge >= 0.3 is 6.01 Å². The summed E-state index contributed by atoms with van der Waals surface area (Å²) < 4.78 is 31.4. The molecular weight excluding hydrogens is 268 g/mol. The highest BCUT2D eigenvalue weighted by molar-refractivity contribution is 5.45. The molecular formula is C12H11F2N5O. The van der Waals surface area contributed by atoms with Crippen LogP contribution in [0.3, 0.4) is 0 Å². The number of nitrogens with one attached hydrogen (secondary N) is 2. The van der Waals surface area contributed by atoms with E-state index in [1.807, 2.05) is 0 Å². The SMILES string of the molecule is C=CCOc1ncc(F)c(NNc2cccc(F)n2)n1. The third kappa shape index (κ3) is 3.61. The Morgan fingerprint density at radius 3 is 2.85 bits per heavy atom. The number of hydrazine groups is 1. The van der Waals surface area contributed by atoms with Crippen LogP contribution in [0.15, 0.2) is 37.1 Å². The van der Waals surface area contributed by atoms with Gasteiger partial charge in [-0.15, -0.1) is 0 Å². The molecule has 0 aliphatic carbocycles. The number of rotatable bonds is 6. The van der Waals surface area contributed by atoms with Crippen LogP contribution in [0.1, 0.15) is 0 Å². The van der Waals surface area contributed by atoms with Crippen LogP contribution in [0, 0.1) is 11.8 Å². The van der Waals surface area contributed by atoms with Gasteiger partial charge in [-0.25, -0.2) is 14.4 Å². The number of halogens is 2. The molecule has 0 aliphatic rings. The largest absolute Gasteiger partial charge is 0.459 e. The second-order valence-electron chi connectivity index (χ2n) is 3.54. The zero-order valence-electron chi connectivity index (χ0n) is 10.3. The molecule has 0 radical (unpaired) electrons. The summed E-state index contributed by atoms with van der Waals surface area (Å²) in [5.41, 5.74) is 4.98. The van der Waals surface area contributed by atoms with Gasteiger partial charge in [0.2, 0.25) is 5.95 Å². The second-order valence-corrected chi connectivity index (χ2v) is 3.54. The van der Waals surface area contributed by atoms with E-state index in [1.165, 1.54) is 24.3 Å². The van der Waals surface area contributed by atoms with Crippen LogP contribution in [-0.2, 0) is 0 Å². The second kappa shape index (κ2) is 6.41. The Bertz CT molecular complexity index is 608. The summed E-state index contributed by atoms with van der Waals surface area (Å²) in [5.74, 6) is -1.32. The molecule has 2 rings (SSSR count). The Kier molecular flexibility index (Phi) is 4.38. The predicted octanol–water partition coefficient (Wildman–Crippen LogP) is 2.15. The number of pyridine rings is 1. The smallest absolute Gasteiger partial charge is 0.318 e. The Hall–Kier alpha value is -2.77. The van der Waals surface area contributed by atoms with Gasteiger partial charge in [0, 0.05) is 0 Å². The molecule has 0 aliphatic heterocycles. The van der Waals surface area contributed by atoms with Gasteiger partial charge in [0.25, 0.3) is 0 Å². The van der Waals surface area contributed by atoms with Gasteiger partial charge < -0.3 is 4.74 Å². The Morgan fingerprint density at radius 1 is 1.25 bits per heavy atom. The lowest BCUT2D eigenvalue weighted by Gasteiger charge is -2.09. The van der Waals surface area contributed by atoms with E-state index in [-0.39, 0.29) is 24.3 Å². The lowest BCUT2D eigenvalue weighted by molar-refractivity contribution is 0.332. The van der Waals surface area contributed by atoms with Crippen LogP contribution in [0.4, 0.5) is 20.4 Å². The van der Waals surface area contributed by atoms with E-state index in [4.69, 9.17) is 4.74 Å². The van der Waals surface area contributed by atoms with Crippen molar-refractivity contribution in [2.24, 2.45) is 0 Å². The number of ether oxygens (including phenoxy) is 1. The fourth-order valence-corrected chi connectivity index (χ4v) is 1.24. The molecule has 2 aromatic rings. The molecule has 0 saturated heterocycles. The van der Waals surface area contributed by atoms with Crippen molar-refractivity contribution in [2.75, 3.05) is 17.5 Å². The van der Waals surface area contributed by atoms with E-state index in [9.17, 15) is 8.78 Å². The van der Waals surface area contributed by atoms with E-state index in [0.717, 1.165) is 6.20 Å². The highest BCUT2D eigenvalue weighted by Crippen LogP contribution is 2.13. The maximum atomic E-state index is 13.5. The van der Waals surface area contributed by atoms with Crippen LogP contribution in [0.5, 0.6) is 6.01 Å². The van der Waals surface area contributed by atoms with Crippen molar-refractivity contribution in [2.45, 2.75) is 0 Å². The van der Waals surface area contributed by atoms with Gasteiger partial charge in [-0.1, -0.05) is 18.7 Å². The zero-order chi connectivity index (χ0) is 14.4. The van der Waals surface area contributed by atoms with Crippen LogP contribution in [0.25, 0.3) is 0 Å². The minimum absolute atomic E-state index is 0.0113. The highest BCUT2D eigenvalue weighted by Gasteiger charge is 2.07. The topological polar surface area (TPSA) is 72.0 Å². The Morgan fingerprint density at radius 2 is 2.10 bits per heavy atom. The summed E-state index contributed by atoms with van der Waals surface area (Å²) in [7, 11) is 0. The first-order valence-corrected chi connectivity index (χ1v) is 5.60. The highest BCUT2D eigenvalue weighted by atomic mass is 19.1. The molecule has 0 spiro atoms. The number of anilines is 2. The summed E-state index contributed by atoms with van der Waals surface area (Å²) in [5, 5.41) is 0. The summed E-state index contributed by atoms with van der Waals surface area (Å²) in [6.07, 6.45) is 2.46. The molecule has 8 heteroatoms. The van der Waals surface area contributed by atoms with Gasteiger partial charge in [-0.3, -0.25) is 10.9 Å². The quantitative estimate of drug-likeness (QED) is 0.479. The van der Waals surface area contributed by atoms with E-state index in [0.29, 0.717) is 0 Å². The van der Waals surface area contributed by atoms with Gasteiger partial charge in [-0.2, -0.15) is 9.37 Å². The molecule has 0 saturated carbocycles. The Balaban J connectivity index is 2.06. The minimum Gasteiger partial charge on any atom is -0.459 e. The van der Waals surface area contributed by atoms with Gasteiger partial charge in [0.1, 0.15) is 12.4 Å². The van der Waals surface area contributed by atoms with E-state index in [1.54, 1.807) is 0 Å². The minimum atomic E-state index is -0.695. The number of hydrogen-bond donors (Lipinski definition) is 2. The molecule has 0 amide bonds. The van der Waals surface area contributed by atoms with Crippen molar-refractivity contribution in [3.8, 4) is 6.01 Å². The molecule has 2 aromatic heterocycles. The van der Waals surface area contributed by atoms with Crippen molar-refractivity contribution in [3.63, 3.8) is 0 Å². The van der Waals surface area contributed by atoms with Gasteiger partial charge in [0.05, 0.1) is 6.20 Å². The van der Waals surface area contributed by atoms with E-state index >= 15 is 0 Å². The predicted molar refractivity (Wildman–Crippen MR) is 69.1 cm³/mol. The molecule has 2 N–H and O–H groups in total. The number of aromatic nitrogens is 3. The first-order chi connectivity index (χ1) is 9.69. The van der Waals surface area contributed by atoms with Crippen molar-refractivity contribution in [1.29, 1.82) is 0 Å². The molecule has 0 unspecified atom stereocenters. The summed E-state index contributed by atoms with van der Waals surface area (Å²) in [6, 6.07) is 4.14. The maximum absolute atomic E-state index is 13.5. The van der Waals surface area contributed by atoms with Gasteiger partial charge in [-0.05, 0) is 12.1 Å². The molecule has 6 nitrogen and oxygen atoms in total. The standard InChI is InChI=1S/C12H11F2N5O/c1-2-6-20-12-15-7-8(13)11(17-12)19-18-10-5-3-4-9(14)16-10/h2-5,7H,1,6H2,(H,16,18)(H,15,17,19). The lowest BCUT2D eigenvalue weighted by Crippen LogP contribution is -2.14. The van der Waals surface area contributed by atoms with Crippen LogP contribution < -0.4 is 15.6 Å². The third-order valence-electron chi connectivity index (χ3n) is 2.08.